The van der Waals surface area contributed by atoms with Gasteiger partial charge in [-0.05, 0) is 223 Å². The third-order valence-electron chi connectivity index (χ3n) is 28.9. The summed E-state index contributed by atoms with van der Waals surface area (Å²) in [7, 11) is -9.04. The van der Waals surface area contributed by atoms with Crippen molar-refractivity contribution in [3.8, 4) is 80.8 Å². The van der Waals surface area contributed by atoms with Crippen molar-refractivity contribution in [3.63, 3.8) is 0 Å². The molecule has 150 heavy (non-hydrogen) atoms. The van der Waals surface area contributed by atoms with E-state index in [9.17, 15) is 26.3 Å². The van der Waals surface area contributed by atoms with E-state index < -0.39 is 24.2 Å². The zero-order valence-corrected chi connectivity index (χ0v) is 83.9. The van der Waals surface area contributed by atoms with E-state index in [0.717, 1.165) is 142 Å². The summed E-state index contributed by atoms with van der Waals surface area (Å²) in [6, 6.07) is 186. The number of nitrogens with zero attached hydrogens (tertiary/aromatic N) is 12. The molecule has 0 N–H and O–H groups in total. The Morgan fingerprint density at radius 1 is 0.200 bits per heavy atom. The van der Waals surface area contributed by atoms with Gasteiger partial charge in [0.25, 0.3) is 0 Å². The summed E-state index contributed by atoms with van der Waals surface area (Å²) < 4.78 is 6.64. The second-order valence-corrected chi connectivity index (χ2v) is 47.9. The summed E-state index contributed by atoms with van der Waals surface area (Å²) in [5, 5.41) is 70.6. The monoisotopic (exact) mass is 1960 g/mol. The highest BCUT2D eigenvalue weighted by Gasteiger charge is 2.48. The Kier molecular flexibility index (Phi) is 25.6. The molecular formula is C135H84N12Si3. The van der Waals surface area contributed by atoms with Gasteiger partial charge in [0.05, 0.1) is 118 Å². The van der Waals surface area contributed by atoms with Crippen LogP contribution in [-0.4, -0.2) is 37.9 Å². The molecule has 0 unspecified atom stereocenters. The number of hydrogen-bond donors (Lipinski definition) is 0. The van der Waals surface area contributed by atoms with Gasteiger partial charge in [-0.2, -0.15) is 26.3 Å². The van der Waals surface area contributed by atoms with E-state index in [1.807, 2.05) is 176 Å². The van der Waals surface area contributed by atoms with Crippen LogP contribution < -0.4 is 62.2 Å². The predicted octanol–water partition coefficient (Wildman–Crippen LogP) is 25.0. The Bertz CT molecular complexity index is 9500. The van der Waals surface area contributed by atoms with Gasteiger partial charge in [0.2, 0.25) is 0 Å². The third kappa shape index (κ3) is 16.4. The standard InChI is InChI=1S/3C45H28N4Si/c1-47-33-22-25-37(26-23-33)50(35-13-5-3-6-14-35,36-15-7-4-8-16-36)45-20-12-10-18-39(45)38-17-9-11-19-42(38)49-43-27-21-32(31-46)29-40(43)41-30-34(48-2)24-28-44(41)49;1-48-42-29-35(49-43-20-12-11-19-40(43)41-27-32(30-46)21-25-44(41)49)23-24-39(42)33-22-26-45(34(28-33)31-47)50(36-13-5-2-6-14-36,37-15-7-3-8-16-37)38-17-9-4-10-18-38;1-48-35-28-34(31-47)45(50(37-13-5-2-6-14-37,38-15-7-3-8-16-38)39-17-9-4-10-18-39)41(29-35)33-22-24-36(25-23-33)49-43-20-12-11-19-40(43)42-27-32(30-46)21-26-44(42)49/h3-30H;2*2-29H. The summed E-state index contributed by atoms with van der Waals surface area (Å²) in [5.41, 5.74) is 19.4. The number of rotatable bonds is 18. The molecule has 0 fully saturated rings. The normalized spacial score (nSPS) is 11.1. The van der Waals surface area contributed by atoms with Gasteiger partial charge in [0.15, 0.2) is 47.0 Å². The average molecular weight is 1960 g/mol. The molecule has 696 valence electrons. The largest absolute Gasteiger partial charge is 0.311 e. The molecule has 0 aliphatic carbocycles. The molecule has 24 rings (SSSR count). The Labute approximate surface area is 872 Å². The maximum absolute atomic E-state index is 10.9. The molecule has 0 bridgehead atoms. The van der Waals surface area contributed by atoms with Crippen molar-refractivity contribution in [3.05, 3.63) is 583 Å². The first kappa shape index (κ1) is 94.0. The lowest BCUT2D eigenvalue weighted by Crippen LogP contribution is -2.75. The molecule has 15 heteroatoms. The van der Waals surface area contributed by atoms with Crippen molar-refractivity contribution in [1.82, 2.24) is 13.7 Å². The topological polar surface area (TPSA) is 151 Å². The molecule has 0 spiro atoms. The van der Waals surface area contributed by atoms with E-state index in [-0.39, 0.29) is 0 Å². The van der Waals surface area contributed by atoms with Gasteiger partial charge >= 0.3 is 0 Å². The lowest BCUT2D eigenvalue weighted by atomic mass is 10.0. The van der Waals surface area contributed by atoms with Crippen LogP contribution in [0.1, 0.15) is 27.8 Å². The molecule has 24 aromatic rings. The molecule has 12 nitrogen and oxygen atoms in total. The number of para-hydroxylation sites is 3. The Morgan fingerprint density at radius 2 is 0.553 bits per heavy atom. The summed E-state index contributed by atoms with van der Waals surface area (Å²) in [6.45, 7) is 31.6. The number of nitriles is 5. The van der Waals surface area contributed by atoms with E-state index in [4.69, 9.17) is 26.3 Å². The van der Waals surface area contributed by atoms with Crippen LogP contribution in [0.3, 0.4) is 0 Å². The lowest BCUT2D eigenvalue weighted by molar-refractivity contribution is 1.18. The Morgan fingerprint density at radius 3 is 1.00 bits per heavy atom. The van der Waals surface area contributed by atoms with Crippen LogP contribution in [0.25, 0.3) is 135 Å². The van der Waals surface area contributed by atoms with Gasteiger partial charge in [-0.15, -0.1) is 0 Å². The average Bonchev–Trinajstić information content (AvgIpc) is 1.06. The van der Waals surface area contributed by atoms with Crippen LogP contribution in [0.2, 0.25) is 0 Å². The molecule has 0 aliphatic rings. The van der Waals surface area contributed by atoms with Crippen LogP contribution in [-0.2, 0) is 0 Å². The Balaban J connectivity index is 0.000000127. The van der Waals surface area contributed by atoms with Crippen molar-refractivity contribution in [2.75, 3.05) is 0 Å². The first-order valence-corrected chi connectivity index (χ1v) is 55.0. The number of aromatic nitrogens is 3. The zero-order valence-electron chi connectivity index (χ0n) is 80.9. The van der Waals surface area contributed by atoms with Crippen molar-refractivity contribution < 1.29 is 0 Å². The summed E-state index contributed by atoms with van der Waals surface area (Å²) in [4.78, 5) is 15.3. The maximum Gasteiger partial charge on any atom is 0.196 e. The molecule has 0 atom stereocenters. The fraction of sp³-hybridized carbons (Fsp3) is 0. The summed E-state index contributed by atoms with van der Waals surface area (Å²) in [6.07, 6.45) is 0. The van der Waals surface area contributed by atoms with Gasteiger partial charge in [0.1, 0.15) is 0 Å². The smallest absolute Gasteiger partial charge is 0.196 e. The molecule has 0 aliphatic heterocycles. The van der Waals surface area contributed by atoms with Gasteiger partial charge in [0, 0.05) is 49.4 Å². The third-order valence-corrected chi connectivity index (χ3v) is 43.4. The van der Waals surface area contributed by atoms with E-state index in [2.05, 4.69) is 391 Å². The van der Waals surface area contributed by atoms with Gasteiger partial charge in [-0.1, -0.05) is 382 Å². The maximum atomic E-state index is 10.9. The second-order valence-electron chi connectivity index (χ2n) is 36.7. The number of hydrogen-bond acceptors (Lipinski definition) is 5. The van der Waals surface area contributed by atoms with Crippen molar-refractivity contribution in [1.29, 1.82) is 26.3 Å². The first-order chi connectivity index (χ1) is 74.0. The predicted molar refractivity (Wildman–Crippen MR) is 618 cm³/mol. The van der Waals surface area contributed by atoms with Crippen molar-refractivity contribution in [2.45, 2.75) is 0 Å². The summed E-state index contributed by atoms with van der Waals surface area (Å²) >= 11 is 0. The number of benzene rings is 21. The fourth-order valence-electron chi connectivity index (χ4n) is 22.5. The SMILES string of the molecule is [C-]#[N+]c1cc(-n2c3ccccc3c3cc(C#N)ccc32)ccc1-c1ccc([Si](c2ccccc2)(c2ccccc2)c2ccccc2)c(C#N)c1.[C-]#[N+]c1cc(C#N)c([Si](c2ccccc2)(c2ccccc2)c2ccccc2)c(-c2ccc(-n3c4ccccc4c4cc(C#N)ccc43)cc2)c1.[C-]#[N+]c1ccc([Si](c2ccccc2)(c2ccccc2)c2ccccc2-c2ccccc2-n2c3ccc(C#N)cc3c3cc([N+]#[C-])ccc32)cc1. The van der Waals surface area contributed by atoms with E-state index in [1.54, 1.807) is 6.07 Å². The summed E-state index contributed by atoms with van der Waals surface area (Å²) in [5.74, 6) is 0. The molecule has 21 aromatic carbocycles. The Hall–Kier alpha value is -20.9. The second kappa shape index (κ2) is 40.8. The molecule has 3 heterocycles. The van der Waals surface area contributed by atoms with Gasteiger partial charge in [-0.3, -0.25) is 0 Å². The van der Waals surface area contributed by atoms with Crippen LogP contribution in [0, 0.1) is 82.9 Å². The highest BCUT2D eigenvalue weighted by Crippen LogP contribution is 2.43. The minimum Gasteiger partial charge on any atom is -0.311 e. The van der Waals surface area contributed by atoms with Crippen molar-refractivity contribution in [2.24, 2.45) is 0 Å². The van der Waals surface area contributed by atoms with E-state index in [1.165, 1.54) is 36.3 Å². The molecule has 0 radical (unpaired) electrons. The highest BCUT2D eigenvalue weighted by molar-refractivity contribution is 7.22. The lowest BCUT2D eigenvalue weighted by Gasteiger charge is -2.37. The number of fused-ring (bicyclic) bond motifs is 9. The minimum absolute atomic E-state index is 0.428. The van der Waals surface area contributed by atoms with E-state index >= 15 is 0 Å². The van der Waals surface area contributed by atoms with Gasteiger partial charge < -0.3 is 13.7 Å². The van der Waals surface area contributed by atoms with Crippen LogP contribution in [0.15, 0.2) is 510 Å². The van der Waals surface area contributed by atoms with Crippen LogP contribution >= 0.6 is 0 Å². The quantitative estimate of drug-likeness (QED) is 0.0476. The first-order valence-electron chi connectivity index (χ1n) is 49.0. The minimum atomic E-state index is -3.13. The highest BCUT2D eigenvalue weighted by atomic mass is 28.3. The molecular weight excluding hydrogens is 1870 g/mol. The zero-order chi connectivity index (χ0) is 102. The fourth-order valence-corrected chi connectivity index (χ4v) is 37.4. The van der Waals surface area contributed by atoms with Crippen LogP contribution in [0.5, 0.6) is 0 Å². The molecule has 0 saturated heterocycles. The van der Waals surface area contributed by atoms with Crippen LogP contribution in [0.4, 0.5) is 22.7 Å². The molecule has 0 amide bonds. The molecule has 3 aromatic heterocycles. The van der Waals surface area contributed by atoms with Crippen molar-refractivity contribution >= 4 is 175 Å². The van der Waals surface area contributed by atoms with Gasteiger partial charge in [-0.25, -0.2) is 19.4 Å². The van der Waals surface area contributed by atoms with E-state index in [0.29, 0.717) is 50.6 Å². The molecule has 0 saturated carbocycles.